The average molecular weight is 219 g/mol. The van der Waals surface area contributed by atoms with Crippen molar-refractivity contribution in [2.24, 2.45) is 11.7 Å². The number of carbonyl (C=O) groups is 1. The Morgan fingerprint density at radius 3 is 3.00 bits per heavy atom. The molecule has 1 heterocycles. The predicted molar refractivity (Wildman–Crippen MR) is 65.5 cm³/mol. The number of anilines is 2. The second-order valence-electron chi connectivity index (χ2n) is 4.14. The maximum absolute atomic E-state index is 11.8. The molecule has 1 aliphatic rings. The quantitative estimate of drug-likeness (QED) is 0.781. The first-order chi connectivity index (χ1) is 7.72. The maximum atomic E-state index is 11.8. The molecule has 0 fully saturated rings. The van der Waals surface area contributed by atoms with Crippen molar-refractivity contribution in [1.29, 1.82) is 0 Å². The summed E-state index contributed by atoms with van der Waals surface area (Å²) in [5.74, 6) is 0.0610. The van der Waals surface area contributed by atoms with Crippen LogP contribution in [0, 0.1) is 5.92 Å². The lowest BCUT2D eigenvalue weighted by atomic mass is 10.1. The lowest BCUT2D eigenvalue weighted by Crippen LogP contribution is -2.34. The molecule has 0 aromatic heterocycles. The van der Waals surface area contributed by atoms with E-state index in [0.717, 1.165) is 24.5 Å². The normalized spacial score (nSPS) is 20.0. The zero-order valence-corrected chi connectivity index (χ0v) is 9.44. The highest BCUT2D eigenvalue weighted by Crippen LogP contribution is 2.29. The SMILES string of the molecule is CC1CN(CCN)c2ccccc2NC1=O. The number of benzene rings is 1. The fourth-order valence-electron chi connectivity index (χ4n) is 1.99. The maximum Gasteiger partial charge on any atom is 0.229 e. The van der Waals surface area contributed by atoms with Crippen molar-refractivity contribution in [3.05, 3.63) is 24.3 Å². The largest absolute Gasteiger partial charge is 0.368 e. The molecule has 3 N–H and O–H groups in total. The van der Waals surface area contributed by atoms with Gasteiger partial charge in [0.05, 0.1) is 17.3 Å². The van der Waals surface area contributed by atoms with E-state index in [9.17, 15) is 4.79 Å². The first-order valence-corrected chi connectivity index (χ1v) is 5.57. The highest BCUT2D eigenvalue weighted by Gasteiger charge is 2.23. The summed E-state index contributed by atoms with van der Waals surface area (Å²) in [5, 5.41) is 2.94. The lowest BCUT2D eigenvalue weighted by molar-refractivity contribution is -0.119. The van der Waals surface area contributed by atoms with Gasteiger partial charge < -0.3 is 16.0 Å². The number of carbonyl (C=O) groups excluding carboxylic acids is 1. The zero-order chi connectivity index (χ0) is 11.5. The molecule has 1 aliphatic heterocycles. The van der Waals surface area contributed by atoms with E-state index < -0.39 is 0 Å². The van der Waals surface area contributed by atoms with Crippen LogP contribution in [0.15, 0.2) is 24.3 Å². The third kappa shape index (κ3) is 2.02. The molecule has 0 radical (unpaired) electrons. The summed E-state index contributed by atoms with van der Waals surface area (Å²) in [6.07, 6.45) is 0. The monoisotopic (exact) mass is 219 g/mol. The molecule has 16 heavy (non-hydrogen) atoms. The van der Waals surface area contributed by atoms with Gasteiger partial charge in [-0.25, -0.2) is 0 Å². The number of rotatable bonds is 2. The van der Waals surface area contributed by atoms with Gasteiger partial charge in [0, 0.05) is 19.6 Å². The van der Waals surface area contributed by atoms with Gasteiger partial charge in [-0.1, -0.05) is 19.1 Å². The molecule has 1 unspecified atom stereocenters. The van der Waals surface area contributed by atoms with Crippen molar-refractivity contribution >= 4 is 17.3 Å². The molecule has 1 amide bonds. The van der Waals surface area contributed by atoms with Crippen LogP contribution in [0.25, 0.3) is 0 Å². The summed E-state index contributed by atoms with van der Waals surface area (Å²) >= 11 is 0. The standard InChI is InChI=1S/C12H17N3O/c1-9-8-15(7-6-13)11-5-3-2-4-10(11)14-12(9)16/h2-5,9H,6-8,13H2,1H3,(H,14,16). The first kappa shape index (κ1) is 11.0. The van der Waals surface area contributed by atoms with Crippen LogP contribution in [0.1, 0.15) is 6.92 Å². The van der Waals surface area contributed by atoms with Gasteiger partial charge in [0.15, 0.2) is 0 Å². The molecule has 0 saturated heterocycles. The molecule has 1 aromatic carbocycles. The van der Waals surface area contributed by atoms with Crippen molar-refractivity contribution < 1.29 is 4.79 Å². The fraction of sp³-hybridized carbons (Fsp3) is 0.417. The van der Waals surface area contributed by atoms with Crippen molar-refractivity contribution in [3.63, 3.8) is 0 Å². The van der Waals surface area contributed by atoms with Crippen LogP contribution in [-0.2, 0) is 4.79 Å². The van der Waals surface area contributed by atoms with Gasteiger partial charge in [-0.05, 0) is 12.1 Å². The molecular formula is C12H17N3O. The molecule has 1 atom stereocenters. The lowest BCUT2D eigenvalue weighted by Gasteiger charge is -2.24. The summed E-state index contributed by atoms with van der Waals surface area (Å²) in [4.78, 5) is 13.9. The van der Waals surface area contributed by atoms with Crippen molar-refractivity contribution in [2.75, 3.05) is 29.9 Å². The van der Waals surface area contributed by atoms with Crippen LogP contribution < -0.4 is 16.0 Å². The van der Waals surface area contributed by atoms with E-state index in [-0.39, 0.29) is 11.8 Å². The Hall–Kier alpha value is -1.55. The molecule has 0 aliphatic carbocycles. The molecule has 1 aromatic rings. The third-order valence-corrected chi connectivity index (χ3v) is 2.84. The molecule has 0 bridgehead atoms. The van der Waals surface area contributed by atoms with E-state index in [1.165, 1.54) is 0 Å². The Morgan fingerprint density at radius 1 is 1.50 bits per heavy atom. The zero-order valence-electron chi connectivity index (χ0n) is 9.44. The first-order valence-electron chi connectivity index (χ1n) is 5.57. The number of hydrogen-bond acceptors (Lipinski definition) is 3. The van der Waals surface area contributed by atoms with Crippen LogP contribution in [0.4, 0.5) is 11.4 Å². The van der Waals surface area contributed by atoms with Gasteiger partial charge in [-0.3, -0.25) is 4.79 Å². The van der Waals surface area contributed by atoms with Crippen LogP contribution >= 0.6 is 0 Å². The van der Waals surface area contributed by atoms with Crippen molar-refractivity contribution in [2.45, 2.75) is 6.92 Å². The summed E-state index contributed by atoms with van der Waals surface area (Å²) < 4.78 is 0. The molecule has 4 heteroatoms. The van der Waals surface area contributed by atoms with E-state index >= 15 is 0 Å². The summed E-state index contributed by atoms with van der Waals surface area (Å²) in [7, 11) is 0. The Balaban J connectivity index is 2.36. The van der Waals surface area contributed by atoms with Crippen LogP contribution in [-0.4, -0.2) is 25.5 Å². The topological polar surface area (TPSA) is 58.4 Å². The molecule has 4 nitrogen and oxygen atoms in total. The smallest absolute Gasteiger partial charge is 0.229 e. The van der Waals surface area contributed by atoms with Gasteiger partial charge in [-0.15, -0.1) is 0 Å². The molecule has 2 rings (SSSR count). The average Bonchev–Trinajstić information content (AvgIpc) is 2.39. The van der Waals surface area contributed by atoms with Gasteiger partial charge >= 0.3 is 0 Å². The minimum Gasteiger partial charge on any atom is -0.368 e. The molecule has 86 valence electrons. The second-order valence-corrected chi connectivity index (χ2v) is 4.14. The number of nitrogens with one attached hydrogen (secondary N) is 1. The molecule has 0 saturated carbocycles. The fourth-order valence-corrected chi connectivity index (χ4v) is 1.99. The van der Waals surface area contributed by atoms with E-state index in [4.69, 9.17) is 5.73 Å². The Morgan fingerprint density at radius 2 is 2.25 bits per heavy atom. The number of para-hydroxylation sites is 2. The molecule has 0 spiro atoms. The number of nitrogens with two attached hydrogens (primary N) is 1. The summed E-state index contributed by atoms with van der Waals surface area (Å²) in [6, 6.07) is 7.85. The summed E-state index contributed by atoms with van der Waals surface area (Å²) in [5.41, 5.74) is 7.54. The van der Waals surface area contributed by atoms with Gasteiger partial charge in [0.2, 0.25) is 5.91 Å². The highest BCUT2D eigenvalue weighted by atomic mass is 16.1. The van der Waals surface area contributed by atoms with Gasteiger partial charge in [0.1, 0.15) is 0 Å². The number of hydrogen-bond donors (Lipinski definition) is 2. The Bertz CT molecular complexity index is 392. The second kappa shape index (κ2) is 4.53. The van der Waals surface area contributed by atoms with Crippen LogP contribution in [0.2, 0.25) is 0 Å². The molecular weight excluding hydrogens is 202 g/mol. The Kier molecular flexibility index (Phi) is 3.10. The third-order valence-electron chi connectivity index (χ3n) is 2.84. The minimum absolute atomic E-state index is 0.0149. The van der Waals surface area contributed by atoms with Crippen LogP contribution in [0.3, 0.4) is 0 Å². The van der Waals surface area contributed by atoms with E-state index in [0.29, 0.717) is 6.54 Å². The van der Waals surface area contributed by atoms with E-state index in [1.807, 2.05) is 31.2 Å². The van der Waals surface area contributed by atoms with Crippen molar-refractivity contribution in [3.8, 4) is 0 Å². The number of fused-ring (bicyclic) bond motifs is 1. The number of nitrogens with zero attached hydrogens (tertiary/aromatic N) is 1. The predicted octanol–water partition coefficient (Wildman–Crippen LogP) is 1.04. The van der Waals surface area contributed by atoms with E-state index in [1.54, 1.807) is 0 Å². The minimum atomic E-state index is -0.0149. The summed E-state index contributed by atoms with van der Waals surface area (Å²) in [6.45, 7) is 4.02. The van der Waals surface area contributed by atoms with Crippen LogP contribution in [0.5, 0.6) is 0 Å². The Labute approximate surface area is 95.4 Å². The van der Waals surface area contributed by atoms with E-state index in [2.05, 4.69) is 10.2 Å². The van der Waals surface area contributed by atoms with Crippen molar-refractivity contribution in [1.82, 2.24) is 0 Å². The highest BCUT2D eigenvalue weighted by molar-refractivity contribution is 5.97. The number of amides is 1. The van der Waals surface area contributed by atoms with Gasteiger partial charge in [-0.2, -0.15) is 0 Å². The van der Waals surface area contributed by atoms with Gasteiger partial charge in [0.25, 0.3) is 0 Å².